The average Bonchev–Trinajstić information content (AvgIpc) is 2.47. The van der Waals surface area contributed by atoms with Gasteiger partial charge in [0.05, 0.1) is 0 Å². The van der Waals surface area contributed by atoms with Crippen LogP contribution in [0.15, 0.2) is 11.8 Å². The van der Waals surface area contributed by atoms with Crippen LogP contribution in [0, 0.1) is 0 Å². The third-order valence-corrected chi connectivity index (χ3v) is 3.19. The molecule has 1 heterocycles. The Balaban J connectivity index is 2.56. The van der Waals surface area contributed by atoms with Crippen molar-refractivity contribution in [3.8, 4) is 0 Å². The van der Waals surface area contributed by atoms with Crippen LogP contribution in [0.1, 0.15) is 39.5 Å². The lowest BCUT2D eigenvalue weighted by atomic mass is 10.1. The van der Waals surface area contributed by atoms with E-state index in [-0.39, 0.29) is 0 Å². The SMILES string of the molecule is CCC(CC)N(C)C1=CCCCNC1. The molecule has 0 aromatic carbocycles. The van der Waals surface area contributed by atoms with Gasteiger partial charge in [-0.3, -0.25) is 0 Å². The van der Waals surface area contributed by atoms with Gasteiger partial charge < -0.3 is 10.2 Å². The number of rotatable bonds is 4. The van der Waals surface area contributed by atoms with E-state index < -0.39 is 0 Å². The van der Waals surface area contributed by atoms with Crippen molar-refractivity contribution >= 4 is 0 Å². The second-order valence-corrected chi connectivity index (χ2v) is 4.10. The number of hydrogen-bond acceptors (Lipinski definition) is 2. The molecule has 1 rings (SSSR count). The molecule has 82 valence electrons. The Morgan fingerprint density at radius 2 is 2.14 bits per heavy atom. The Bertz CT molecular complexity index is 183. The van der Waals surface area contributed by atoms with Crippen LogP contribution in [-0.4, -0.2) is 31.1 Å². The molecular formula is C12H24N2. The summed E-state index contributed by atoms with van der Waals surface area (Å²) in [6, 6.07) is 0.709. The average molecular weight is 196 g/mol. The van der Waals surface area contributed by atoms with Crippen LogP contribution in [-0.2, 0) is 0 Å². The Morgan fingerprint density at radius 3 is 2.79 bits per heavy atom. The summed E-state index contributed by atoms with van der Waals surface area (Å²) in [7, 11) is 2.23. The summed E-state index contributed by atoms with van der Waals surface area (Å²) in [4.78, 5) is 2.46. The Labute approximate surface area is 88.4 Å². The molecule has 0 aromatic heterocycles. The molecule has 0 amide bonds. The topological polar surface area (TPSA) is 15.3 Å². The third kappa shape index (κ3) is 3.02. The van der Waals surface area contributed by atoms with Crippen LogP contribution >= 0.6 is 0 Å². The van der Waals surface area contributed by atoms with Gasteiger partial charge in [-0.15, -0.1) is 0 Å². The highest BCUT2D eigenvalue weighted by molar-refractivity contribution is 5.05. The Hall–Kier alpha value is -0.500. The first-order chi connectivity index (χ1) is 6.79. The summed E-state index contributed by atoms with van der Waals surface area (Å²) in [5, 5.41) is 3.47. The molecule has 0 saturated heterocycles. The molecule has 0 bridgehead atoms. The maximum atomic E-state index is 3.47. The van der Waals surface area contributed by atoms with Crippen LogP contribution < -0.4 is 5.32 Å². The van der Waals surface area contributed by atoms with Crippen LogP contribution in [0.4, 0.5) is 0 Å². The van der Waals surface area contributed by atoms with Gasteiger partial charge in [0.25, 0.3) is 0 Å². The molecule has 1 aliphatic heterocycles. The van der Waals surface area contributed by atoms with Gasteiger partial charge in [0.15, 0.2) is 0 Å². The first-order valence-corrected chi connectivity index (χ1v) is 5.92. The zero-order valence-electron chi connectivity index (χ0n) is 9.84. The van der Waals surface area contributed by atoms with Gasteiger partial charge in [0, 0.05) is 25.3 Å². The predicted molar refractivity (Wildman–Crippen MR) is 62.3 cm³/mol. The highest BCUT2D eigenvalue weighted by Crippen LogP contribution is 2.14. The summed E-state index contributed by atoms with van der Waals surface area (Å²) in [6.45, 7) is 6.76. The molecule has 1 N–H and O–H groups in total. The van der Waals surface area contributed by atoms with Gasteiger partial charge in [0.2, 0.25) is 0 Å². The molecule has 0 fully saturated rings. The van der Waals surface area contributed by atoms with Crippen LogP contribution in [0.2, 0.25) is 0 Å². The normalized spacial score (nSPS) is 17.9. The maximum Gasteiger partial charge on any atom is 0.0352 e. The molecule has 14 heavy (non-hydrogen) atoms. The van der Waals surface area contributed by atoms with Crippen molar-refractivity contribution in [3.05, 3.63) is 11.8 Å². The van der Waals surface area contributed by atoms with E-state index in [0.29, 0.717) is 6.04 Å². The van der Waals surface area contributed by atoms with Gasteiger partial charge in [-0.2, -0.15) is 0 Å². The van der Waals surface area contributed by atoms with Crippen molar-refractivity contribution in [3.63, 3.8) is 0 Å². The van der Waals surface area contributed by atoms with Crippen LogP contribution in [0.3, 0.4) is 0 Å². The monoisotopic (exact) mass is 196 g/mol. The van der Waals surface area contributed by atoms with Crippen LogP contribution in [0.5, 0.6) is 0 Å². The molecule has 2 heteroatoms. The van der Waals surface area contributed by atoms with Crippen molar-refractivity contribution in [1.82, 2.24) is 10.2 Å². The van der Waals surface area contributed by atoms with Crippen molar-refractivity contribution < 1.29 is 0 Å². The molecule has 0 spiro atoms. The summed E-state index contributed by atoms with van der Waals surface area (Å²) in [6.07, 6.45) is 7.39. The van der Waals surface area contributed by atoms with Gasteiger partial charge >= 0.3 is 0 Å². The molecule has 0 aliphatic carbocycles. The van der Waals surface area contributed by atoms with Gasteiger partial charge in [0.1, 0.15) is 0 Å². The fourth-order valence-corrected chi connectivity index (χ4v) is 2.12. The predicted octanol–water partition coefficient (Wildman–Crippen LogP) is 2.37. The van der Waals surface area contributed by atoms with Gasteiger partial charge in [-0.25, -0.2) is 0 Å². The number of nitrogens with zero attached hydrogens (tertiary/aromatic N) is 1. The molecule has 2 nitrogen and oxygen atoms in total. The van der Waals surface area contributed by atoms with E-state index in [1.54, 1.807) is 0 Å². The van der Waals surface area contributed by atoms with Gasteiger partial charge in [-0.05, 0) is 32.2 Å². The highest BCUT2D eigenvalue weighted by atomic mass is 15.2. The Morgan fingerprint density at radius 1 is 1.43 bits per heavy atom. The molecule has 1 aliphatic rings. The minimum absolute atomic E-state index is 0.709. The van der Waals surface area contributed by atoms with E-state index in [2.05, 4.69) is 37.2 Å². The highest BCUT2D eigenvalue weighted by Gasteiger charge is 2.13. The zero-order chi connectivity index (χ0) is 10.4. The number of hydrogen-bond donors (Lipinski definition) is 1. The summed E-state index contributed by atoms with van der Waals surface area (Å²) < 4.78 is 0. The Kier molecular flexibility index (Phi) is 5.02. The second kappa shape index (κ2) is 6.07. The largest absolute Gasteiger partial charge is 0.374 e. The fraction of sp³-hybridized carbons (Fsp3) is 0.833. The minimum atomic E-state index is 0.709. The summed E-state index contributed by atoms with van der Waals surface area (Å²) >= 11 is 0. The fourth-order valence-electron chi connectivity index (χ4n) is 2.12. The third-order valence-electron chi connectivity index (χ3n) is 3.19. The van der Waals surface area contributed by atoms with Crippen molar-refractivity contribution in [2.75, 3.05) is 20.1 Å². The quantitative estimate of drug-likeness (QED) is 0.742. The molecule has 0 radical (unpaired) electrons. The first kappa shape index (κ1) is 11.6. The molecule has 0 aromatic rings. The zero-order valence-corrected chi connectivity index (χ0v) is 9.84. The van der Waals surface area contributed by atoms with E-state index in [9.17, 15) is 0 Å². The molecule has 0 atom stereocenters. The number of likely N-dealkylation sites (N-methyl/N-ethyl adjacent to an activating group) is 1. The number of nitrogens with one attached hydrogen (secondary N) is 1. The lowest BCUT2D eigenvalue weighted by molar-refractivity contribution is 0.280. The van der Waals surface area contributed by atoms with Crippen molar-refractivity contribution in [2.45, 2.75) is 45.6 Å². The number of allylic oxidation sites excluding steroid dienone is 1. The smallest absolute Gasteiger partial charge is 0.0352 e. The van der Waals surface area contributed by atoms with Crippen LogP contribution in [0.25, 0.3) is 0 Å². The summed E-state index contributed by atoms with van der Waals surface area (Å²) in [5.74, 6) is 0. The lowest BCUT2D eigenvalue weighted by Crippen LogP contribution is -2.34. The van der Waals surface area contributed by atoms with Gasteiger partial charge in [-0.1, -0.05) is 19.9 Å². The molecule has 0 saturated carbocycles. The van der Waals surface area contributed by atoms with E-state index >= 15 is 0 Å². The standard InChI is InChI=1S/C12H24N2/c1-4-11(5-2)14(3)12-8-6-7-9-13-10-12/h8,11,13H,4-7,9-10H2,1-3H3. The molecular weight excluding hydrogens is 172 g/mol. The van der Waals surface area contributed by atoms with E-state index in [4.69, 9.17) is 0 Å². The second-order valence-electron chi connectivity index (χ2n) is 4.10. The molecule has 0 unspecified atom stereocenters. The van der Waals surface area contributed by atoms with Crippen molar-refractivity contribution in [2.24, 2.45) is 0 Å². The first-order valence-electron chi connectivity index (χ1n) is 5.92. The lowest BCUT2D eigenvalue weighted by Gasteiger charge is -2.30. The minimum Gasteiger partial charge on any atom is -0.374 e. The van der Waals surface area contributed by atoms with E-state index in [0.717, 1.165) is 13.1 Å². The van der Waals surface area contributed by atoms with E-state index in [1.807, 2.05) is 0 Å². The van der Waals surface area contributed by atoms with E-state index in [1.165, 1.54) is 31.4 Å². The maximum absolute atomic E-state index is 3.47. The van der Waals surface area contributed by atoms with Crippen molar-refractivity contribution in [1.29, 1.82) is 0 Å². The summed E-state index contributed by atoms with van der Waals surface area (Å²) in [5.41, 5.74) is 1.48.